The fourth-order valence-electron chi connectivity index (χ4n) is 3.03. The molecule has 0 aliphatic carbocycles. The van der Waals surface area contributed by atoms with Crippen LogP contribution < -0.4 is 5.32 Å². The Morgan fingerprint density at radius 1 is 1.19 bits per heavy atom. The molecule has 0 bridgehead atoms. The minimum Gasteiger partial charge on any atom is -0.378 e. The monoisotopic (exact) mass is 289 g/mol. The molecule has 1 heterocycles. The highest BCUT2D eigenvalue weighted by atomic mass is 16.5. The third kappa shape index (κ3) is 5.80. The summed E-state index contributed by atoms with van der Waals surface area (Å²) < 4.78 is 5.78. The first-order valence-electron chi connectivity index (χ1n) is 8.54. The summed E-state index contributed by atoms with van der Waals surface area (Å²) >= 11 is 0. The van der Waals surface area contributed by atoms with Crippen LogP contribution in [0.1, 0.15) is 56.6 Å². The van der Waals surface area contributed by atoms with Gasteiger partial charge in [-0.05, 0) is 56.6 Å². The van der Waals surface area contributed by atoms with Gasteiger partial charge in [-0.25, -0.2) is 0 Å². The first kappa shape index (κ1) is 16.5. The van der Waals surface area contributed by atoms with Crippen molar-refractivity contribution in [2.45, 2.75) is 58.5 Å². The quantitative estimate of drug-likeness (QED) is 0.771. The zero-order valence-electron chi connectivity index (χ0n) is 13.9. The summed E-state index contributed by atoms with van der Waals surface area (Å²) in [6.07, 6.45) is 5.41. The van der Waals surface area contributed by atoms with Gasteiger partial charge in [-0.2, -0.15) is 0 Å². The lowest BCUT2D eigenvalue weighted by Crippen LogP contribution is -2.26. The molecule has 0 spiro atoms. The standard InChI is InChI=1S/C19H31NO/c1-15(2)13-20-14-18(10-11-19-5-4-12-21-19)17-8-6-16(3)7-9-17/h6-9,15,18-20H,4-5,10-14H2,1-3H3. The summed E-state index contributed by atoms with van der Waals surface area (Å²) in [5, 5.41) is 3.63. The molecule has 2 unspecified atom stereocenters. The number of aryl methyl sites for hydroxylation is 1. The Morgan fingerprint density at radius 2 is 1.95 bits per heavy atom. The van der Waals surface area contributed by atoms with E-state index in [0.29, 0.717) is 17.9 Å². The minimum absolute atomic E-state index is 0.503. The molecule has 1 aliphatic heterocycles. The highest BCUT2D eigenvalue weighted by Crippen LogP contribution is 2.25. The van der Waals surface area contributed by atoms with Crippen molar-refractivity contribution in [3.8, 4) is 0 Å². The molecule has 1 aliphatic rings. The van der Waals surface area contributed by atoms with Crippen LogP contribution in [0.3, 0.4) is 0 Å². The van der Waals surface area contributed by atoms with E-state index in [9.17, 15) is 0 Å². The van der Waals surface area contributed by atoms with Crippen molar-refractivity contribution in [1.29, 1.82) is 0 Å². The van der Waals surface area contributed by atoms with Crippen LogP contribution in [0.2, 0.25) is 0 Å². The summed E-state index contributed by atoms with van der Waals surface area (Å²) in [7, 11) is 0. The molecule has 1 saturated heterocycles. The van der Waals surface area contributed by atoms with Crippen LogP contribution in [0.4, 0.5) is 0 Å². The van der Waals surface area contributed by atoms with E-state index in [1.165, 1.54) is 36.8 Å². The van der Waals surface area contributed by atoms with E-state index < -0.39 is 0 Å². The number of rotatable bonds is 8. The average molecular weight is 289 g/mol. The molecule has 2 heteroatoms. The number of hydrogen-bond donors (Lipinski definition) is 1. The summed E-state index contributed by atoms with van der Waals surface area (Å²) in [6, 6.07) is 9.06. The van der Waals surface area contributed by atoms with Gasteiger partial charge in [-0.3, -0.25) is 0 Å². The van der Waals surface area contributed by atoms with Gasteiger partial charge < -0.3 is 10.1 Å². The van der Waals surface area contributed by atoms with Crippen LogP contribution >= 0.6 is 0 Å². The van der Waals surface area contributed by atoms with Crippen LogP contribution in [-0.2, 0) is 4.74 Å². The molecule has 2 rings (SSSR count). The Balaban J connectivity index is 1.90. The maximum Gasteiger partial charge on any atom is 0.0576 e. The third-order valence-corrected chi connectivity index (χ3v) is 4.35. The van der Waals surface area contributed by atoms with Crippen molar-refractivity contribution in [3.63, 3.8) is 0 Å². The van der Waals surface area contributed by atoms with E-state index in [4.69, 9.17) is 4.74 Å². The van der Waals surface area contributed by atoms with Gasteiger partial charge in [0.05, 0.1) is 6.10 Å². The number of hydrogen-bond acceptors (Lipinski definition) is 2. The second-order valence-corrected chi connectivity index (χ2v) is 6.87. The first-order valence-corrected chi connectivity index (χ1v) is 8.54. The Kier molecular flexibility index (Phi) is 6.72. The van der Waals surface area contributed by atoms with Crippen LogP contribution in [0.5, 0.6) is 0 Å². The number of benzene rings is 1. The van der Waals surface area contributed by atoms with Gasteiger partial charge in [0, 0.05) is 13.2 Å². The smallest absolute Gasteiger partial charge is 0.0576 e. The van der Waals surface area contributed by atoms with Gasteiger partial charge in [0.1, 0.15) is 0 Å². The van der Waals surface area contributed by atoms with Crippen LogP contribution in [-0.4, -0.2) is 25.8 Å². The molecule has 1 N–H and O–H groups in total. The Morgan fingerprint density at radius 3 is 2.57 bits per heavy atom. The molecule has 1 fully saturated rings. The van der Waals surface area contributed by atoms with Gasteiger partial charge >= 0.3 is 0 Å². The minimum atomic E-state index is 0.503. The first-order chi connectivity index (χ1) is 10.1. The van der Waals surface area contributed by atoms with E-state index in [0.717, 1.165) is 19.7 Å². The van der Waals surface area contributed by atoms with E-state index >= 15 is 0 Å². The molecule has 1 aromatic rings. The van der Waals surface area contributed by atoms with Gasteiger partial charge in [-0.15, -0.1) is 0 Å². The third-order valence-electron chi connectivity index (χ3n) is 4.35. The van der Waals surface area contributed by atoms with Crippen molar-refractivity contribution < 1.29 is 4.74 Å². The van der Waals surface area contributed by atoms with E-state index in [1.54, 1.807) is 0 Å². The fraction of sp³-hybridized carbons (Fsp3) is 0.684. The van der Waals surface area contributed by atoms with Crippen LogP contribution in [0.25, 0.3) is 0 Å². The van der Waals surface area contributed by atoms with Crippen molar-refractivity contribution in [2.75, 3.05) is 19.7 Å². The predicted octanol–water partition coefficient (Wildman–Crippen LogP) is 4.28. The zero-order valence-corrected chi connectivity index (χ0v) is 13.9. The molecule has 0 aromatic heterocycles. The van der Waals surface area contributed by atoms with Gasteiger partial charge in [0.2, 0.25) is 0 Å². The summed E-state index contributed by atoms with van der Waals surface area (Å²) in [5.41, 5.74) is 2.81. The molecule has 2 nitrogen and oxygen atoms in total. The normalized spacial score (nSPS) is 20.1. The molecule has 0 saturated carbocycles. The van der Waals surface area contributed by atoms with Crippen LogP contribution in [0, 0.1) is 12.8 Å². The Hall–Kier alpha value is -0.860. The molecule has 118 valence electrons. The lowest BCUT2D eigenvalue weighted by atomic mass is 9.91. The number of ether oxygens (including phenoxy) is 1. The van der Waals surface area contributed by atoms with Crippen molar-refractivity contribution >= 4 is 0 Å². The second-order valence-electron chi connectivity index (χ2n) is 6.87. The topological polar surface area (TPSA) is 21.3 Å². The fourth-order valence-corrected chi connectivity index (χ4v) is 3.03. The lowest BCUT2D eigenvalue weighted by Gasteiger charge is -2.21. The summed E-state index contributed by atoms with van der Waals surface area (Å²) in [5.74, 6) is 1.32. The molecular formula is C19H31NO. The largest absolute Gasteiger partial charge is 0.378 e. The molecular weight excluding hydrogens is 258 g/mol. The maximum atomic E-state index is 5.78. The highest BCUT2D eigenvalue weighted by molar-refractivity contribution is 5.24. The number of nitrogens with one attached hydrogen (secondary N) is 1. The van der Waals surface area contributed by atoms with Crippen molar-refractivity contribution in [3.05, 3.63) is 35.4 Å². The Labute approximate surface area is 130 Å². The molecule has 2 atom stereocenters. The summed E-state index contributed by atoms with van der Waals surface area (Å²) in [6.45, 7) is 9.82. The van der Waals surface area contributed by atoms with E-state index in [2.05, 4.69) is 50.4 Å². The molecule has 0 amide bonds. The lowest BCUT2D eigenvalue weighted by molar-refractivity contribution is 0.100. The van der Waals surface area contributed by atoms with Gasteiger partial charge in [0.25, 0.3) is 0 Å². The van der Waals surface area contributed by atoms with E-state index in [1.807, 2.05) is 0 Å². The highest BCUT2D eigenvalue weighted by Gasteiger charge is 2.19. The van der Waals surface area contributed by atoms with Gasteiger partial charge in [0.15, 0.2) is 0 Å². The second kappa shape index (κ2) is 8.55. The molecule has 1 aromatic carbocycles. The van der Waals surface area contributed by atoms with Crippen molar-refractivity contribution in [2.24, 2.45) is 5.92 Å². The van der Waals surface area contributed by atoms with Crippen molar-refractivity contribution in [1.82, 2.24) is 5.32 Å². The zero-order chi connectivity index (χ0) is 15.1. The molecule has 0 radical (unpaired) electrons. The van der Waals surface area contributed by atoms with Crippen LogP contribution in [0.15, 0.2) is 24.3 Å². The Bertz CT molecular complexity index is 393. The van der Waals surface area contributed by atoms with E-state index in [-0.39, 0.29) is 0 Å². The predicted molar refractivity (Wildman–Crippen MR) is 89.8 cm³/mol. The molecule has 21 heavy (non-hydrogen) atoms. The maximum absolute atomic E-state index is 5.78. The van der Waals surface area contributed by atoms with Gasteiger partial charge in [-0.1, -0.05) is 43.7 Å². The summed E-state index contributed by atoms with van der Waals surface area (Å²) in [4.78, 5) is 0. The SMILES string of the molecule is Cc1ccc(C(CCC2CCCO2)CNCC(C)C)cc1. The average Bonchev–Trinajstić information content (AvgIpc) is 2.96.